The number of nitrogens with zero attached hydrogens (tertiary/aromatic N) is 1. The topological polar surface area (TPSA) is 114 Å². The zero-order valence-corrected chi connectivity index (χ0v) is 16.1. The van der Waals surface area contributed by atoms with Gasteiger partial charge in [0, 0.05) is 31.1 Å². The SMILES string of the molecule is CS(=O)(=O)c1ccc(C(=O)OCC(=O)c2c[nH]c(C(=O)N3CCCC3)c2)cc1. The number of esters is 1. The highest BCUT2D eigenvalue weighted by atomic mass is 32.2. The number of aromatic amines is 1. The number of hydrogen-bond acceptors (Lipinski definition) is 6. The van der Waals surface area contributed by atoms with E-state index in [4.69, 9.17) is 4.74 Å². The molecule has 1 fully saturated rings. The number of hydrogen-bond donors (Lipinski definition) is 1. The maximum atomic E-state index is 12.3. The second-order valence-corrected chi connectivity index (χ2v) is 8.61. The third-order valence-electron chi connectivity index (χ3n) is 4.48. The van der Waals surface area contributed by atoms with Crippen molar-refractivity contribution in [3.63, 3.8) is 0 Å². The Hall–Kier alpha value is -2.94. The molecular formula is C19H20N2O6S. The fourth-order valence-corrected chi connectivity index (χ4v) is 3.54. The number of aromatic nitrogens is 1. The van der Waals surface area contributed by atoms with Crippen molar-refractivity contribution in [1.82, 2.24) is 9.88 Å². The van der Waals surface area contributed by atoms with Crippen molar-refractivity contribution in [2.75, 3.05) is 26.0 Å². The Morgan fingerprint density at radius 2 is 1.71 bits per heavy atom. The van der Waals surface area contributed by atoms with Crippen molar-refractivity contribution >= 4 is 27.5 Å². The minimum absolute atomic E-state index is 0.0858. The molecule has 0 atom stereocenters. The molecule has 3 rings (SSSR count). The van der Waals surface area contributed by atoms with Crippen LogP contribution in [0.25, 0.3) is 0 Å². The smallest absolute Gasteiger partial charge is 0.338 e. The Morgan fingerprint density at radius 1 is 1.07 bits per heavy atom. The van der Waals surface area contributed by atoms with Gasteiger partial charge in [0.05, 0.1) is 10.5 Å². The third kappa shape index (κ3) is 4.48. The molecule has 9 heteroatoms. The summed E-state index contributed by atoms with van der Waals surface area (Å²) in [6.07, 6.45) is 4.43. The summed E-state index contributed by atoms with van der Waals surface area (Å²) in [5.74, 6) is -1.34. The van der Waals surface area contributed by atoms with Crippen molar-refractivity contribution in [1.29, 1.82) is 0 Å². The van der Waals surface area contributed by atoms with Gasteiger partial charge in [0.25, 0.3) is 5.91 Å². The Balaban J connectivity index is 1.58. The van der Waals surface area contributed by atoms with E-state index in [-0.39, 0.29) is 21.9 Å². The van der Waals surface area contributed by atoms with Crippen LogP contribution < -0.4 is 0 Å². The van der Waals surface area contributed by atoms with E-state index in [0.717, 1.165) is 19.1 Å². The van der Waals surface area contributed by atoms with E-state index in [2.05, 4.69) is 4.98 Å². The molecule has 0 radical (unpaired) electrons. The number of ether oxygens (including phenoxy) is 1. The predicted octanol–water partition coefficient (Wildman–Crippen LogP) is 1.69. The van der Waals surface area contributed by atoms with Crippen LogP contribution >= 0.6 is 0 Å². The lowest BCUT2D eigenvalue weighted by Crippen LogP contribution is -2.27. The molecule has 0 bridgehead atoms. The van der Waals surface area contributed by atoms with Gasteiger partial charge in [0.2, 0.25) is 5.78 Å². The molecule has 1 aromatic carbocycles. The van der Waals surface area contributed by atoms with Crippen molar-refractivity contribution in [3.8, 4) is 0 Å². The molecule has 1 aromatic heterocycles. The first-order chi connectivity index (χ1) is 13.3. The van der Waals surface area contributed by atoms with Gasteiger partial charge in [0.15, 0.2) is 16.4 Å². The van der Waals surface area contributed by atoms with Crippen molar-refractivity contribution in [2.45, 2.75) is 17.7 Å². The molecule has 0 saturated carbocycles. The maximum absolute atomic E-state index is 12.3. The summed E-state index contributed by atoms with van der Waals surface area (Å²) in [6, 6.07) is 6.71. The number of benzene rings is 1. The fraction of sp³-hybridized carbons (Fsp3) is 0.316. The average molecular weight is 404 g/mol. The van der Waals surface area contributed by atoms with Crippen LogP contribution in [-0.2, 0) is 14.6 Å². The number of nitrogens with one attached hydrogen (secondary N) is 1. The average Bonchev–Trinajstić information content (AvgIpc) is 3.36. The van der Waals surface area contributed by atoms with E-state index in [0.29, 0.717) is 18.8 Å². The summed E-state index contributed by atoms with van der Waals surface area (Å²) >= 11 is 0. The number of carbonyl (C=O) groups is 3. The van der Waals surface area contributed by atoms with Crippen molar-refractivity contribution in [2.24, 2.45) is 0 Å². The molecular weight excluding hydrogens is 384 g/mol. The normalized spacial score (nSPS) is 14.1. The van der Waals surface area contributed by atoms with Gasteiger partial charge in [-0.15, -0.1) is 0 Å². The molecule has 8 nitrogen and oxygen atoms in total. The lowest BCUT2D eigenvalue weighted by Gasteiger charge is -2.13. The zero-order chi connectivity index (χ0) is 20.3. The van der Waals surface area contributed by atoms with E-state index < -0.39 is 28.2 Å². The summed E-state index contributed by atoms with van der Waals surface area (Å²) in [7, 11) is -3.36. The molecule has 1 aliphatic heterocycles. The minimum Gasteiger partial charge on any atom is -0.454 e. The maximum Gasteiger partial charge on any atom is 0.338 e. The van der Waals surface area contributed by atoms with Crippen LogP contribution in [0, 0.1) is 0 Å². The second kappa shape index (κ2) is 7.97. The Labute approximate surface area is 162 Å². The predicted molar refractivity (Wildman–Crippen MR) is 100 cm³/mol. The highest BCUT2D eigenvalue weighted by Gasteiger charge is 2.22. The molecule has 1 saturated heterocycles. The van der Waals surface area contributed by atoms with E-state index in [9.17, 15) is 22.8 Å². The number of rotatable bonds is 6. The van der Waals surface area contributed by atoms with Gasteiger partial charge in [-0.1, -0.05) is 0 Å². The quantitative estimate of drug-likeness (QED) is 0.579. The van der Waals surface area contributed by atoms with Gasteiger partial charge < -0.3 is 14.6 Å². The highest BCUT2D eigenvalue weighted by molar-refractivity contribution is 7.90. The van der Waals surface area contributed by atoms with Gasteiger partial charge in [-0.3, -0.25) is 9.59 Å². The van der Waals surface area contributed by atoms with Crippen LogP contribution in [0.4, 0.5) is 0 Å². The summed E-state index contributed by atoms with van der Waals surface area (Å²) in [5, 5.41) is 0. The van der Waals surface area contributed by atoms with Crippen molar-refractivity contribution in [3.05, 3.63) is 53.3 Å². The zero-order valence-electron chi connectivity index (χ0n) is 15.3. The molecule has 0 aliphatic carbocycles. The standard InChI is InChI=1S/C19H20N2O6S/c1-28(25,26)15-6-4-13(5-7-15)19(24)27-12-17(22)14-10-16(20-11-14)18(23)21-8-2-3-9-21/h4-7,10-11,20H,2-3,8-9,12H2,1H3. The molecule has 0 spiro atoms. The van der Waals surface area contributed by atoms with E-state index in [1.165, 1.54) is 36.5 Å². The first-order valence-electron chi connectivity index (χ1n) is 8.74. The number of ketones is 1. The summed E-state index contributed by atoms with van der Waals surface area (Å²) in [6.45, 7) is 0.926. The number of Topliss-reactive ketones (excluding diaryl/α,β-unsaturated/α-hetero) is 1. The molecule has 2 heterocycles. The summed E-state index contributed by atoms with van der Waals surface area (Å²) in [5.41, 5.74) is 0.717. The third-order valence-corrected chi connectivity index (χ3v) is 5.61. The Morgan fingerprint density at radius 3 is 2.32 bits per heavy atom. The number of likely N-dealkylation sites (tertiary alicyclic amines) is 1. The summed E-state index contributed by atoms with van der Waals surface area (Å²) < 4.78 is 27.9. The van der Waals surface area contributed by atoms with Gasteiger partial charge in [0.1, 0.15) is 5.69 Å². The van der Waals surface area contributed by atoms with Crippen LogP contribution in [-0.4, -0.2) is 61.9 Å². The van der Waals surface area contributed by atoms with Crippen LogP contribution in [0.5, 0.6) is 0 Å². The fourth-order valence-electron chi connectivity index (χ4n) is 2.91. The largest absolute Gasteiger partial charge is 0.454 e. The molecule has 1 amide bonds. The molecule has 148 valence electrons. The van der Waals surface area contributed by atoms with E-state index in [1.807, 2.05) is 0 Å². The first-order valence-corrected chi connectivity index (χ1v) is 10.6. The monoisotopic (exact) mass is 404 g/mol. The van der Waals surface area contributed by atoms with Gasteiger partial charge in [-0.25, -0.2) is 13.2 Å². The summed E-state index contributed by atoms with van der Waals surface area (Å²) in [4.78, 5) is 41.1. The van der Waals surface area contributed by atoms with E-state index in [1.54, 1.807) is 4.90 Å². The minimum atomic E-state index is -3.36. The number of amides is 1. The molecule has 1 N–H and O–H groups in total. The second-order valence-electron chi connectivity index (χ2n) is 6.60. The van der Waals surface area contributed by atoms with Crippen molar-refractivity contribution < 1.29 is 27.5 Å². The van der Waals surface area contributed by atoms with Crippen LogP contribution in [0.1, 0.15) is 44.0 Å². The number of carbonyl (C=O) groups excluding carboxylic acids is 3. The molecule has 28 heavy (non-hydrogen) atoms. The number of sulfone groups is 1. The number of H-pyrrole nitrogens is 1. The Bertz CT molecular complexity index is 1000. The van der Waals surface area contributed by atoms with Gasteiger partial charge in [-0.2, -0.15) is 0 Å². The van der Waals surface area contributed by atoms with Crippen LogP contribution in [0.2, 0.25) is 0 Å². The molecule has 0 unspecified atom stereocenters. The van der Waals surface area contributed by atoms with Gasteiger partial charge >= 0.3 is 5.97 Å². The lowest BCUT2D eigenvalue weighted by molar-refractivity contribution is 0.0474. The molecule has 2 aromatic rings. The first kappa shape index (κ1) is 19.8. The van der Waals surface area contributed by atoms with Crippen LogP contribution in [0.3, 0.4) is 0 Å². The van der Waals surface area contributed by atoms with E-state index >= 15 is 0 Å². The lowest BCUT2D eigenvalue weighted by atomic mass is 10.2. The van der Waals surface area contributed by atoms with Gasteiger partial charge in [-0.05, 0) is 43.2 Å². The molecule has 1 aliphatic rings. The Kier molecular flexibility index (Phi) is 5.64. The highest BCUT2D eigenvalue weighted by Crippen LogP contribution is 2.14. The van der Waals surface area contributed by atoms with Crippen LogP contribution in [0.15, 0.2) is 41.4 Å².